The lowest BCUT2D eigenvalue weighted by Gasteiger charge is -2.39. The van der Waals surface area contributed by atoms with E-state index in [4.69, 9.17) is 42.1 Å². The topological polar surface area (TPSA) is 230 Å². The number of aliphatic hydroxyl groups excluding tert-OH is 8. The summed E-state index contributed by atoms with van der Waals surface area (Å²) in [6, 6.07) is 7.15. The average molecular weight is 817 g/mol. The summed E-state index contributed by atoms with van der Waals surface area (Å²) >= 11 is 19.2. The molecule has 10 atom stereocenters. The maximum Gasteiger partial charge on any atom is 0.229 e. The molecule has 4 aromatic rings. The molecule has 2 aromatic heterocycles. The van der Waals surface area contributed by atoms with Crippen LogP contribution in [0.5, 0.6) is 11.5 Å². The summed E-state index contributed by atoms with van der Waals surface area (Å²) in [6.45, 7) is -1.05. The van der Waals surface area contributed by atoms with Crippen LogP contribution in [0.3, 0.4) is 0 Å². The van der Waals surface area contributed by atoms with Gasteiger partial charge in [0.15, 0.2) is 0 Å². The van der Waals surface area contributed by atoms with Crippen LogP contribution in [0.4, 0.5) is 0 Å². The Morgan fingerprint density at radius 2 is 0.978 bits per heavy atom. The smallest absolute Gasteiger partial charge is 0.229 e. The molecule has 10 N–H and O–H groups in total. The van der Waals surface area contributed by atoms with Crippen molar-refractivity contribution in [2.75, 3.05) is 13.2 Å². The highest BCUT2D eigenvalue weighted by atomic mass is 79.9. The van der Waals surface area contributed by atoms with Gasteiger partial charge in [0.25, 0.3) is 0 Å². The average Bonchev–Trinajstić information content (AvgIpc) is 3.66. The van der Waals surface area contributed by atoms with Crippen molar-refractivity contribution in [1.82, 2.24) is 9.97 Å². The van der Waals surface area contributed by atoms with Gasteiger partial charge in [-0.05, 0) is 56.1 Å². The highest BCUT2D eigenvalue weighted by Gasteiger charge is 2.46. The van der Waals surface area contributed by atoms with Gasteiger partial charge in [0.1, 0.15) is 60.3 Å². The number of halogens is 4. The highest BCUT2D eigenvalue weighted by Crippen LogP contribution is 2.39. The minimum absolute atomic E-state index is 0.315. The van der Waals surface area contributed by atoms with E-state index in [1.54, 1.807) is 36.7 Å². The molecule has 0 radical (unpaired) electrons. The Morgan fingerprint density at radius 1 is 0.609 bits per heavy atom. The number of ether oxygens (including phenoxy) is 4. The van der Waals surface area contributed by atoms with Crippen LogP contribution in [-0.4, -0.2) is 125 Å². The molecule has 0 bridgehead atoms. The zero-order valence-electron chi connectivity index (χ0n) is 23.4. The summed E-state index contributed by atoms with van der Waals surface area (Å²) in [5.41, 5.74) is 1.44. The summed E-state index contributed by atoms with van der Waals surface area (Å²) < 4.78 is 23.2. The van der Waals surface area contributed by atoms with Gasteiger partial charge in [-0.15, -0.1) is 0 Å². The van der Waals surface area contributed by atoms with E-state index in [0.29, 0.717) is 41.3 Å². The van der Waals surface area contributed by atoms with E-state index in [-0.39, 0.29) is 0 Å². The third kappa shape index (κ3) is 6.88. The third-order valence-electron chi connectivity index (χ3n) is 7.58. The lowest BCUT2D eigenvalue weighted by atomic mass is 9.99. The zero-order valence-corrected chi connectivity index (χ0v) is 28.1. The van der Waals surface area contributed by atoms with Gasteiger partial charge < -0.3 is 69.8 Å². The van der Waals surface area contributed by atoms with E-state index in [2.05, 4.69) is 41.8 Å². The van der Waals surface area contributed by atoms with Crippen LogP contribution in [0.25, 0.3) is 21.8 Å². The van der Waals surface area contributed by atoms with Crippen LogP contribution in [0.2, 0.25) is 10.0 Å². The number of hydrogen-bond acceptors (Lipinski definition) is 12. The van der Waals surface area contributed by atoms with Crippen molar-refractivity contribution in [1.29, 1.82) is 0 Å². The fourth-order valence-corrected chi connectivity index (χ4v) is 6.20. The van der Waals surface area contributed by atoms with Crippen molar-refractivity contribution in [2.45, 2.75) is 61.4 Å². The summed E-state index contributed by atoms with van der Waals surface area (Å²) in [6.07, 6.45) is -10.3. The predicted molar refractivity (Wildman–Crippen MR) is 171 cm³/mol. The molecule has 0 unspecified atom stereocenters. The fourth-order valence-electron chi connectivity index (χ4n) is 5.02. The number of rotatable bonds is 6. The first-order valence-electron chi connectivity index (χ1n) is 13.7. The molecule has 2 aliphatic heterocycles. The van der Waals surface area contributed by atoms with Gasteiger partial charge in [0.05, 0.1) is 45.1 Å². The molecule has 2 saturated heterocycles. The number of fused-ring (bicyclic) bond motifs is 2. The summed E-state index contributed by atoms with van der Waals surface area (Å²) in [5.74, 6) is 0.631. The number of H-pyrrole nitrogens is 2. The monoisotopic (exact) mass is 814 g/mol. The molecule has 0 spiro atoms. The molecule has 2 fully saturated rings. The lowest BCUT2D eigenvalue weighted by Crippen LogP contribution is -2.60. The second kappa shape index (κ2) is 14.8. The molecule has 46 heavy (non-hydrogen) atoms. The van der Waals surface area contributed by atoms with E-state index in [1.165, 1.54) is 0 Å². The van der Waals surface area contributed by atoms with Gasteiger partial charge in [-0.2, -0.15) is 0 Å². The normalized spacial score (nSPS) is 31.5. The Balaban J connectivity index is 0.000000181. The summed E-state index contributed by atoms with van der Waals surface area (Å²) in [4.78, 5) is 5.95. The van der Waals surface area contributed by atoms with E-state index in [9.17, 15) is 40.9 Å². The molecular formula is C28H30Br2Cl2N2O12. The Labute approximate surface area is 287 Å². The van der Waals surface area contributed by atoms with E-state index in [1.807, 2.05) is 0 Å². The lowest BCUT2D eigenvalue weighted by molar-refractivity contribution is -0.277. The van der Waals surface area contributed by atoms with E-state index < -0.39 is 74.6 Å². The van der Waals surface area contributed by atoms with Crippen LogP contribution in [0, 0.1) is 0 Å². The van der Waals surface area contributed by atoms with Gasteiger partial charge in [-0.3, -0.25) is 0 Å². The maximum atomic E-state index is 10.0. The highest BCUT2D eigenvalue weighted by molar-refractivity contribution is 9.10. The quantitative estimate of drug-likeness (QED) is 0.134. The molecule has 0 saturated carbocycles. The van der Waals surface area contributed by atoms with Gasteiger partial charge in [0, 0.05) is 21.3 Å². The van der Waals surface area contributed by atoms with Crippen LogP contribution in [0.1, 0.15) is 0 Å². The number of aliphatic hydroxyl groups is 8. The molecule has 14 nitrogen and oxygen atoms in total. The Bertz CT molecular complexity index is 1540. The van der Waals surface area contributed by atoms with Crippen molar-refractivity contribution in [3.63, 3.8) is 0 Å². The van der Waals surface area contributed by atoms with Crippen LogP contribution >= 0.6 is 55.1 Å². The van der Waals surface area contributed by atoms with Crippen molar-refractivity contribution in [3.05, 3.63) is 55.6 Å². The largest absolute Gasteiger partial charge is 0.460 e. The molecule has 18 heteroatoms. The fraction of sp³-hybridized carbons (Fsp3) is 0.429. The van der Waals surface area contributed by atoms with Crippen LogP contribution in [-0.2, 0) is 9.47 Å². The van der Waals surface area contributed by atoms with Crippen LogP contribution < -0.4 is 9.47 Å². The van der Waals surface area contributed by atoms with Gasteiger partial charge in [-0.25, -0.2) is 0 Å². The summed E-state index contributed by atoms with van der Waals surface area (Å²) in [7, 11) is 0. The number of aromatic amines is 2. The molecule has 0 amide bonds. The first kappa shape index (κ1) is 35.6. The van der Waals surface area contributed by atoms with Gasteiger partial charge in [0.2, 0.25) is 12.6 Å². The van der Waals surface area contributed by atoms with Crippen molar-refractivity contribution < 1.29 is 59.8 Å². The number of nitrogens with one attached hydrogen (secondary N) is 2. The Morgan fingerprint density at radius 3 is 1.33 bits per heavy atom. The first-order valence-corrected chi connectivity index (χ1v) is 16.1. The minimum atomic E-state index is -1.50. The molecule has 252 valence electrons. The molecule has 2 aromatic carbocycles. The second-order valence-electron chi connectivity index (χ2n) is 10.5. The predicted octanol–water partition coefficient (Wildman–Crippen LogP) is 1.52. The molecule has 6 rings (SSSR count). The van der Waals surface area contributed by atoms with E-state index >= 15 is 0 Å². The van der Waals surface area contributed by atoms with Gasteiger partial charge >= 0.3 is 0 Å². The second-order valence-corrected chi connectivity index (χ2v) is 13.0. The van der Waals surface area contributed by atoms with Crippen molar-refractivity contribution in [2.24, 2.45) is 0 Å². The zero-order chi connectivity index (χ0) is 33.4. The number of benzene rings is 2. The third-order valence-corrected chi connectivity index (χ3v) is 10.1. The maximum absolute atomic E-state index is 10.0. The Kier molecular flexibility index (Phi) is 11.4. The van der Waals surface area contributed by atoms with Crippen molar-refractivity contribution in [3.8, 4) is 11.5 Å². The molecule has 4 heterocycles. The van der Waals surface area contributed by atoms with Crippen molar-refractivity contribution >= 4 is 76.9 Å². The standard InChI is InChI=1S/2C14H15BrClNO6/c2*15-5-1-2-6-9(10(5)16)7(3-17-6)22-14-13(21)12(20)11(19)8(4-18)23-14/h2*1-3,8,11-14,17-21H,4H2/t2*8-,11+,12+,13-,14-/m11/s1. The van der Waals surface area contributed by atoms with Crippen LogP contribution in [0.15, 0.2) is 45.6 Å². The number of hydrogen-bond donors (Lipinski definition) is 10. The SMILES string of the molecule is OC[C@H]1O[C@@H](Oc2c[nH]c3ccc(Br)c(Cl)c23)[C@H](O)[C@@H](O)[C@H]1O.OC[C@H]1O[C@@H](Oc2c[nH]c3ccc(Br)c(Cl)c23)[C@H](O)[C@@H](O)[C@H]1O. The van der Waals surface area contributed by atoms with Gasteiger partial charge in [-0.1, -0.05) is 23.2 Å². The minimum Gasteiger partial charge on any atom is -0.460 e. The summed E-state index contributed by atoms with van der Waals surface area (Å²) in [5, 5.41) is 79.6. The molecule has 0 aliphatic carbocycles. The number of aromatic nitrogens is 2. The molecule has 2 aliphatic rings. The molecular weight excluding hydrogens is 787 g/mol. The Hall–Kier alpha value is -1.74. The van der Waals surface area contributed by atoms with E-state index in [0.717, 1.165) is 11.0 Å². The first-order chi connectivity index (χ1) is 21.9.